The lowest BCUT2D eigenvalue weighted by Gasteiger charge is -2.08. The van der Waals surface area contributed by atoms with Gasteiger partial charge < -0.3 is 16.4 Å². The molecule has 1 rings (SSSR count). The molecule has 0 spiro atoms. The van der Waals surface area contributed by atoms with Crippen LogP contribution in [0, 0.1) is 10.1 Å². The highest BCUT2D eigenvalue weighted by molar-refractivity contribution is 5.98. The van der Waals surface area contributed by atoms with Crippen LogP contribution in [-0.4, -0.2) is 36.0 Å². The van der Waals surface area contributed by atoms with Crippen LogP contribution < -0.4 is 16.4 Å². The summed E-state index contributed by atoms with van der Waals surface area (Å²) < 4.78 is 0. The van der Waals surface area contributed by atoms with E-state index >= 15 is 0 Å². The van der Waals surface area contributed by atoms with Gasteiger partial charge in [0.05, 0.1) is 10.5 Å². The Balaban J connectivity index is 2.96. The van der Waals surface area contributed by atoms with Crippen LogP contribution >= 0.6 is 0 Å². The van der Waals surface area contributed by atoms with Gasteiger partial charge in [-0.05, 0) is 7.05 Å². The van der Waals surface area contributed by atoms with Crippen LogP contribution in [0.3, 0.4) is 0 Å². The van der Waals surface area contributed by atoms with Crippen molar-refractivity contribution in [2.45, 2.75) is 0 Å². The normalized spacial score (nSPS) is 9.94. The number of nitrogens with zero attached hydrogens (tertiary/aromatic N) is 2. The minimum Gasteiger partial charge on any atom is -0.368 e. The quantitative estimate of drug-likeness (QED) is 0.356. The number of carbonyl (C=O) groups excluding carboxylic acids is 1. The summed E-state index contributed by atoms with van der Waals surface area (Å²) in [5, 5.41) is 16.3. The van der Waals surface area contributed by atoms with Crippen molar-refractivity contribution in [3.63, 3.8) is 0 Å². The number of rotatable bonds is 6. The van der Waals surface area contributed by atoms with Gasteiger partial charge in [0, 0.05) is 19.2 Å². The molecule has 4 N–H and O–H groups in total. The molecule has 0 bridgehead atoms. The Morgan fingerprint density at radius 3 is 2.82 bits per heavy atom. The summed E-state index contributed by atoms with van der Waals surface area (Å²) in [6, 6.07) is 1.11. The van der Waals surface area contributed by atoms with E-state index in [0.717, 1.165) is 12.3 Å². The fourth-order valence-electron chi connectivity index (χ4n) is 1.19. The van der Waals surface area contributed by atoms with Gasteiger partial charge in [0.25, 0.3) is 11.6 Å². The van der Waals surface area contributed by atoms with Crippen LogP contribution in [-0.2, 0) is 0 Å². The number of nitrogens with two attached hydrogens (primary N) is 1. The Bertz CT molecular complexity index is 435. The molecule has 0 saturated heterocycles. The third kappa shape index (κ3) is 3.38. The van der Waals surface area contributed by atoms with Crippen molar-refractivity contribution >= 4 is 17.4 Å². The van der Waals surface area contributed by atoms with Crippen LogP contribution in [0.2, 0.25) is 0 Å². The molecule has 0 atom stereocenters. The first-order chi connectivity index (χ1) is 8.06. The fraction of sp³-hybridized carbons (Fsp3) is 0.333. The summed E-state index contributed by atoms with van der Waals surface area (Å²) in [4.78, 5) is 24.8. The van der Waals surface area contributed by atoms with Gasteiger partial charge in [-0.25, -0.2) is 4.98 Å². The van der Waals surface area contributed by atoms with Gasteiger partial charge in [-0.3, -0.25) is 14.9 Å². The first-order valence-corrected chi connectivity index (χ1v) is 4.89. The number of primary amides is 1. The molecule has 1 amide bonds. The van der Waals surface area contributed by atoms with E-state index in [0.29, 0.717) is 13.1 Å². The monoisotopic (exact) mass is 239 g/mol. The number of carbonyl (C=O) groups is 1. The number of aromatic nitrogens is 1. The van der Waals surface area contributed by atoms with E-state index in [1.165, 1.54) is 0 Å². The van der Waals surface area contributed by atoms with Crippen molar-refractivity contribution in [3.05, 3.63) is 27.9 Å². The van der Waals surface area contributed by atoms with Crippen LogP contribution in [0.25, 0.3) is 0 Å². The molecule has 0 radical (unpaired) electrons. The number of amides is 1. The number of pyridine rings is 1. The largest absolute Gasteiger partial charge is 0.368 e. The summed E-state index contributed by atoms with van der Waals surface area (Å²) in [5.74, 6) is -0.508. The third-order valence-corrected chi connectivity index (χ3v) is 2.02. The predicted molar refractivity (Wildman–Crippen MR) is 61.8 cm³/mol. The molecule has 0 aromatic carbocycles. The standard InChI is InChI=1S/C9H13N5O3/c1-11-2-3-12-9-7(8(10)15)4-6(5-13-9)14(16)17/h4-5,11H,2-3H2,1H3,(H2,10,15)(H,12,13). The van der Waals surface area contributed by atoms with Gasteiger partial charge in [-0.1, -0.05) is 0 Å². The molecule has 8 nitrogen and oxygen atoms in total. The molecule has 8 heteroatoms. The lowest BCUT2D eigenvalue weighted by atomic mass is 10.2. The minimum atomic E-state index is -0.756. The van der Waals surface area contributed by atoms with Crippen LogP contribution in [0.5, 0.6) is 0 Å². The fourth-order valence-corrected chi connectivity index (χ4v) is 1.19. The molecule has 1 aromatic heterocycles. The van der Waals surface area contributed by atoms with Crippen molar-refractivity contribution in [1.29, 1.82) is 0 Å². The van der Waals surface area contributed by atoms with E-state index in [2.05, 4.69) is 15.6 Å². The highest BCUT2D eigenvalue weighted by Gasteiger charge is 2.15. The molecule has 0 fully saturated rings. The van der Waals surface area contributed by atoms with E-state index in [-0.39, 0.29) is 17.1 Å². The maximum atomic E-state index is 11.1. The van der Waals surface area contributed by atoms with Crippen molar-refractivity contribution in [1.82, 2.24) is 10.3 Å². The van der Waals surface area contributed by atoms with Crippen LogP contribution in [0.4, 0.5) is 11.5 Å². The molecule has 0 unspecified atom stereocenters. The van der Waals surface area contributed by atoms with Crippen molar-refractivity contribution < 1.29 is 9.72 Å². The SMILES string of the molecule is CNCCNc1ncc([N+](=O)[O-])cc1C(N)=O. The van der Waals surface area contributed by atoms with Gasteiger partial charge in [-0.2, -0.15) is 0 Å². The Hall–Kier alpha value is -2.22. The first-order valence-electron chi connectivity index (χ1n) is 4.89. The van der Waals surface area contributed by atoms with E-state index in [9.17, 15) is 14.9 Å². The lowest BCUT2D eigenvalue weighted by molar-refractivity contribution is -0.385. The van der Waals surface area contributed by atoms with Crippen LogP contribution in [0.1, 0.15) is 10.4 Å². The van der Waals surface area contributed by atoms with Gasteiger partial charge in [0.1, 0.15) is 12.0 Å². The number of hydrogen-bond donors (Lipinski definition) is 3. The van der Waals surface area contributed by atoms with Gasteiger partial charge in [-0.15, -0.1) is 0 Å². The molecule has 1 aromatic rings. The number of nitro groups is 1. The zero-order chi connectivity index (χ0) is 12.8. The smallest absolute Gasteiger partial charge is 0.288 e. The Morgan fingerprint density at radius 1 is 1.59 bits per heavy atom. The summed E-state index contributed by atoms with van der Waals surface area (Å²) in [7, 11) is 1.78. The summed E-state index contributed by atoms with van der Waals surface area (Å²) in [5.41, 5.74) is 4.87. The van der Waals surface area contributed by atoms with E-state index in [4.69, 9.17) is 5.73 Å². The molecule has 92 valence electrons. The topological polar surface area (TPSA) is 123 Å². The highest BCUT2D eigenvalue weighted by atomic mass is 16.6. The second-order valence-electron chi connectivity index (χ2n) is 3.24. The maximum absolute atomic E-state index is 11.1. The summed E-state index contributed by atoms with van der Waals surface area (Å²) >= 11 is 0. The molecular weight excluding hydrogens is 226 g/mol. The molecule has 1 heterocycles. The molecule has 17 heavy (non-hydrogen) atoms. The highest BCUT2D eigenvalue weighted by Crippen LogP contribution is 2.18. The summed E-state index contributed by atoms with van der Waals surface area (Å²) in [6.07, 6.45) is 1.08. The number of likely N-dealkylation sites (N-methyl/N-ethyl adjacent to an activating group) is 1. The van der Waals surface area contributed by atoms with E-state index in [1.807, 2.05) is 0 Å². The van der Waals surface area contributed by atoms with Crippen molar-refractivity contribution in [2.75, 3.05) is 25.5 Å². The number of nitrogens with one attached hydrogen (secondary N) is 2. The average Bonchev–Trinajstić information content (AvgIpc) is 2.29. The molecule has 0 aliphatic rings. The second kappa shape index (κ2) is 5.75. The Kier molecular flexibility index (Phi) is 4.35. The predicted octanol–water partition coefficient (Wildman–Crippen LogP) is -0.280. The van der Waals surface area contributed by atoms with Crippen LogP contribution in [0.15, 0.2) is 12.3 Å². The zero-order valence-electron chi connectivity index (χ0n) is 9.27. The molecule has 0 aliphatic carbocycles. The molecular formula is C9H13N5O3. The van der Waals surface area contributed by atoms with Gasteiger partial charge in [0.2, 0.25) is 0 Å². The maximum Gasteiger partial charge on any atom is 0.288 e. The number of anilines is 1. The lowest BCUT2D eigenvalue weighted by Crippen LogP contribution is -2.21. The van der Waals surface area contributed by atoms with Crippen molar-refractivity contribution in [3.8, 4) is 0 Å². The second-order valence-corrected chi connectivity index (χ2v) is 3.24. The zero-order valence-corrected chi connectivity index (χ0v) is 9.27. The van der Waals surface area contributed by atoms with Gasteiger partial charge in [0.15, 0.2) is 0 Å². The molecule has 0 saturated carbocycles. The van der Waals surface area contributed by atoms with E-state index in [1.54, 1.807) is 7.05 Å². The van der Waals surface area contributed by atoms with Gasteiger partial charge >= 0.3 is 0 Å². The molecule has 0 aliphatic heterocycles. The summed E-state index contributed by atoms with van der Waals surface area (Å²) in [6.45, 7) is 1.19. The van der Waals surface area contributed by atoms with Crippen molar-refractivity contribution in [2.24, 2.45) is 5.73 Å². The third-order valence-electron chi connectivity index (χ3n) is 2.02. The van der Waals surface area contributed by atoms with E-state index < -0.39 is 10.8 Å². The minimum absolute atomic E-state index is 0.00954. The Labute approximate surface area is 97.4 Å². The average molecular weight is 239 g/mol. The Morgan fingerprint density at radius 2 is 2.29 bits per heavy atom. The first kappa shape index (κ1) is 12.8. The number of hydrogen-bond acceptors (Lipinski definition) is 6.